The van der Waals surface area contributed by atoms with E-state index in [0.717, 1.165) is 50.5 Å². The van der Waals surface area contributed by atoms with Gasteiger partial charge in [-0.15, -0.1) is 0 Å². The topological polar surface area (TPSA) is 47.0 Å². The number of nitrogens with zero attached hydrogens (tertiary/aromatic N) is 3. The molecule has 0 saturated carbocycles. The Morgan fingerprint density at radius 1 is 1.14 bits per heavy atom. The fourth-order valence-corrected chi connectivity index (χ4v) is 3.05. The standard InChI is InChI=1S/C17H27N3O2/c1-4-19(5-2)15-8-6-14(7-9-15)16(17(21)22)20-12-10-18(3)11-13-20/h6-9,16H,4-5,10-13H2,1-3H3,(H,21,22). The zero-order chi connectivity index (χ0) is 16.1. The van der Waals surface area contributed by atoms with Crippen molar-refractivity contribution in [1.82, 2.24) is 9.80 Å². The molecule has 0 bridgehead atoms. The van der Waals surface area contributed by atoms with Crippen molar-refractivity contribution in [3.8, 4) is 0 Å². The minimum Gasteiger partial charge on any atom is -0.480 e. The second-order valence-electron chi connectivity index (χ2n) is 5.84. The summed E-state index contributed by atoms with van der Waals surface area (Å²) in [6, 6.07) is 7.46. The summed E-state index contributed by atoms with van der Waals surface area (Å²) in [6.07, 6.45) is 0. The van der Waals surface area contributed by atoms with Gasteiger partial charge in [-0.3, -0.25) is 9.69 Å². The molecule has 1 fully saturated rings. The van der Waals surface area contributed by atoms with Gasteiger partial charge in [0.05, 0.1) is 0 Å². The molecule has 2 rings (SSSR count). The number of carboxylic acid groups (broad SMARTS) is 1. The molecule has 1 N–H and O–H groups in total. The first-order valence-corrected chi connectivity index (χ1v) is 8.07. The van der Waals surface area contributed by atoms with Crippen LogP contribution in [0.1, 0.15) is 25.5 Å². The summed E-state index contributed by atoms with van der Waals surface area (Å²) in [7, 11) is 2.08. The van der Waals surface area contributed by atoms with Gasteiger partial charge in [0.1, 0.15) is 6.04 Å². The molecule has 0 aliphatic carbocycles. The lowest BCUT2D eigenvalue weighted by Crippen LogP contribution is -2.47. The van der Waals surface area contributed by atoms with Crippen LogP contribution in [0.5, 0.6) is 0 Å². The van der Waals surface area contributed by atoms with Crippen molar-refractivity contribution in [3.05, 3.63) is 29.8 Å². The summed E-state index contributed by atoms with van der Waals surface area (Å²) < 4.78 is 0. The highest BCUT2D eigenvalue weighted by Crippen LogP contribution is 2.25. The maximum absolute atomic E-state index is 11.7. The Morgan fingerprint density at radius 3 is 2.14 bits per heavy atom. The molecule has 0 aromatic heterocycles. The lowest BCUT2D eigenvalue weighted by Gasteiger charge is -2.36. The molecule has 1 aliphatic heterocycles. The van der Waals surface area contributed by atoms with E-state index in [2.05, 4.69) is 35.6 Å². The second-order valence-corrected chi connectivity index (χ2v) is 5.84. The van der Waals surface area contributed by atoms with Crippen LogP contribution < -0.4 is 4.90 Å². The molecule has 1 aromatic carbocycles. The molecule has 1 heterocycles. The first-order valence-electron chi connectivity index (χ1n) is 8.07. The highest BCUT2D eigenvalue weighted by atomic mass is 16.4. The molecule has 1 aromatic rings. The minimum atomic E-state index is -0.764. The lowest BCUT2D eigenvalue weighted by molar-refractivity contribution is -0.144. The summed E-state index contributed by atoms with van der Waals surface area (Å²) in [6.45, 7) is 9.59. The maximum atomic E-state index is 11.7. The summed E-state index contributed by atoms with van der Waals surface area (Å²) in [5.41, 5.74) is 2.02. The van der Waals surface area contributed by atoms with Gasteiger partial charge < -0.3 is 14.9 Å². The molecule has 0 radical (unpaired) electrons. The van der Waals surface area contributed by atoms with Crippen LogP contribution >= 0.6 is 0 Å². The summed E-state index contributed by atoms with van der Waals surface area (Å²) in [5, 5.41) is 9.65. The Hall–Kier alpha value is -1.59. The average molecular weight is 305 g/mol. The number of anilines is 1. The van der Waals surface area contributed by atoms with Crippen LogP contribution in [0, 0.1) is 0 Å². The second kappa shape index (κ2) is 7.61. The van der Waals surface area contributed by atoms with Gasteiger partial charge in [0.25, 0.3) is 0 Å². The van der Waals surface area contributed by atoms with Gasteiger partial charge in [0.15, 0.2) is 0 Å². The van der Waals surface area contributed by atoms with E-state index in [1.54, 1.807) is 0 Å². The van der Waals surface area contributed by atoms with Gasteiger partial charge >= 0.3 is 5.97 Å². The van der Waals surface area contributed by atoms with Gasteiger partial charge in [0.2, 0.25) is 0 Å². The lowest BCUT2D eigenvalue weighted by atomic mass is 10.0. The molecular weight excluding hydrogens is 278 g/mol. The number of aliphatic carboxylic acids is 1. The Kier molecular flexibility index (Phi) is 5.80. The van der Waals surface area contributed by atoms with Crippen LogP contribution in [-0.2, 0) is 4.79 Å². The van der Waals surface area contributed by atoms with Gasteiger partial charge in [-0.1, -0.05) is 12.1 Å². The zero-order valence-corrected chi connectivity index (χ0v) is 13.8. The number of likely N-dealkylation sites (N-methyl/N-ethyl adjacent to an activating group) is 1. The average Bonchev–Trinajstić information content (AvgIpc) is 2.52. The number of carbonyl (C=O) groups is 1. The number of hydrogen-bond donors (Lipinski definition) is 1. The molecule has 22 heavy (non-hydrogen) atoms. The first kappa shape index (κ1) is 16.8. The van der Waals surface area contributed by atoms with E-state index in [4.69, 9.17) is 0 Å². The zero-order valence-electron chi connectivity index (χ0n) is 13.8. The van der Waals surface area contributed by atoms with E-state index in [0.29, 0.717) is 0 Å². The number of piperazine rings is 1. The van der Waals surface area contributed by atoms with Crippen molar-refractivity contribution in [2.45, 2.75) is 19.9 Å². The van der Waals surface area contributed by atoms with Crippen LogP contribution in [0.25, 0.3) is 0 Å². The van der Waals surface area contributed by atoms with Gasteiger partial charge in [-0.25, -0.2) is 0 Å². The summed E-state index contributed by atoms with van der Waals surface area (Å²) in [4.78, 5) is 18.3. The molecule has 0 spiro atoms. The first-order chi connectivity index (χ1) is 10.6. The van der Waals surface area contributed by atoms with Crippen LogP contribution in [0.4, 0.5) is 5.69 Å². The molecule has 0 amide bonds. The fourth-order valence-electron chi connectivity index (χ4n) is 3.05. The van der Waals surface area contributed by atoms with Gasteiger partial charge in [-0.2, -0.15) is 0 Å². The van der Waals surface area contributed by atoms with Crippen LogP contribution in [0.15, 0.2) is 24.3 Å². The van der Waals surface area contributed by atoms with Gasteiger partial charge in [0, 0.05) is 45.0 Å². The third kappa shape index (κ3) is 3.78. The van der Waals surface area contributed by atoms with E-state index in [-0.39, 0.29) is 0 Å². The largest absolute Gasteiger partial charge is 0.480 e. The predicted octanol–water partition coefficient (Wildman–Crippen LogP) is 1.91. The summed E-state index contributed by atoms with van der Waals surface area (Å²) in [5.74, 6) is -0.764. The fraction of sp³-hybridized carbons (Fsp3) is 0.588. The molecule has 1 aliphatic rings. The van der Waals surface area contributed by atoms with E-state index in [1.807, 2.05) is 24.3 Å². The highest BCUT2D eigenvalue weighted by Gasteiger charge is 2.29. The third-order valence-electron chi connectivity index (χ3n) is 4.47. The van der Waals surface area contributed by atoms with E-state index >= 15 is 0 Å². The van der Waals surface area contributed by atoms with E-state index < -0.39 is 12.0 Å². The molecule has 1 atom stereocenters. The van der Waals surface area contributed by atoms with Crippen molar-refractivity contribution in [3.63, 3.8) is 0 Å². The Morgan fingerprint density at radius 2 is 1.68 bits per heavy atom. The minimum absolute atomic E-state index is 0.542. The Bertz CT molecular complexity index is 477. The monoisotopic (exact) mass is 305 g/mol. The van der Waals surface area contributed by atoms with Crippen molar-refractivity contribution in [1.29, 1.82) is 0 Å². The van der Waals surface area contributed by atoms with Crippen molar-refractivity contribution < 1.29 is 9.90 Å². The van der Waals surface area contributed by atoms with E-state index in [1.165, 1.54) is 0 Å². The molecule has 1 unspecified atom stereocenters. The molecule has 122 valence electrons. The third-order valence-corrected chi connectivity index (χ3v) is 4.47. The van der Waals surface area contributed by atoms with Crippen molar-refractivity contribution in [2.24, 2.45) is 0 Å². The smallest absolute Gasteiger partial charge is 0.325 e. The van der Waals surface area contributed by atoms with Crippen molar-refractivity contribution >= 4 is 11.7 Å². The van der Waals surface area contributed by atoms with E-state index in [9.17, 15) is 9.90 Å². The van der Waals surface area contributed by atoms with Crippen LogP contribution in [0.3, 0.4) is 0 Å². The molecule has 5 heteroatoms. The Balaban J connectivity index is 2.17. The van der Waals surface area contributed by atoms with Crippen LogP contribution in [-0.4, -0.2) is 67.2 Å². The van der Waals surface area contributed by atoms with Crippen molar-refractivity contribution in [2.75, 3.05) is 51.2 Å². The molecule has 1 saturated heterocycles. The summed E-state index contributed by atoms with van der Waals surface area (Å²) >= 11 is 0. The predicted molar refractivity (Wildman–Crippen MR) is 89.4 cm³/mol. The quantitative estimate of drug-likeness (QED) is 0.870. The maximum Gasteiger partial charge on any atom is 0.325 e. The molecular formula is C17H27N3O2. The normalized spacial score (nSPS) is 18.1. The number of rotatable bonds is 6. The van der Waals surface area contributed by atoms with Crippen LogP contribution in [0.2, 0.25) is 0 Å². The number of hydrogen-bond acceptors (Lipinski definition) is 4. The van der Waals surface area contributed by atoms with Gasteiger partial charge in [-0.05, 0) is 38.6 Å². The Labute approximate surface area is 133 Å². The highest BCUT2D eigenvalue weighted by molar-refractivity contribution is 5.76. The SMILES string of the molecule is CCN(CC)c1ccc(C(C(=O)O)N2CCN(C)CC2)cc1. The molecule has 5 nitrogen and oxygen atoms in total. The number of benzene rings is 1. The number of carboxylic acids is 1.